The van der Waals surface area contributed by atoms with Gasteiger partial charge in [-0.25, -0.2) is 0 Å². The van der Waals surface area contributed by atoms with Crippen molar-refractivity contribution in [1.29, 1.82) is 0 Å². The third kappa shape index (κ3) is 5.46. The van der Waals surface area contributed by atoms with Gasteiger partial charge in [0.05, 0.1) is 11.2 Å². The summed E-state index contributed by atoms with van der Waals surface area (Å²) >= 11 is 1.56. The predicted molar refractivity (Wildman–Crippen MR) is 135 cm³/mol. The molecule has 0 aliphatic heterocycles. The van der Waals surface area contributed by atoms with Gasteiger partial charge in [0.25, 0.3) is 5.91 Å². The summed E-state index contributed by atoms with van der Waals surface area (Å²) in [5.74, 6) is 1.05. The third-order valence-corrected chi connectivity index (χ3v) is 6.46. The number of hydrogen-bond donors (Lipinski definition) is 2. The fraction of sp³-hybridized carbons (Fsp3) is 0.185. The van der Waals surface area contributed by atoms with Gasteiger partial charge in [0.2, 0.25) is 0 Å². The fourth-order valence-corrected chi connectivity index (χ4v) is 4.52. The summed E-state index contributed by atoms with van der Waals surface area (Å²) in [6.45, 7) is 3.91. The molecule has 3 aromatic carbocycles. The number of carbonyl (C=O) groups is 1. The van der Waals surface area contributed by atoms with Crippen LogP contribution in [0.25, 0.3) is 10.9 Å². The summed E-state index contributed by atoms with van der Waals surface area (Å²) in [4.78, 5) is 29.8. The first kappa shape index (κ1) is 22.7. The number of para-hydroxylation sites is 3. The summed E-state index contributed by atoms with van der Waals surface area (Å²) in [6, 6.07) is 24.4. The number of amides is 1. The summed E-state index contributed by atoms with van der Waals surface area (Å²) in [5, 5.41) is 3.71. The minimum atomic E-state index is -0.592. The smallest absolute Gasteiger partial charge is 0.265 e. The number of aryl methyl sites for hydroxylation is 1. The van der Waals surface area contributed by atoms with E-state index in [9.17, 15) is 9.59 Å². The van der Waals surface area contributed by atoms with Gasteiger partial charge in [-0.3, -0.25) is 9.59 Å². The minimum absolute atomic E-state index is 0.00786. The van der Waals surface area contributed by atoms with Gasteiger partial charge in [-0.1, -0.05) is 49.4 Å². The molecule has 33 heavy (non-hydrogen) atoms. The Balaban J connectivity index is 1.49. The molecule has 0 bridgehead atoms. The van der Waals surface area contributed by atoms with Crippen LogP contribution in [0.5, 0.6) is 5.75 Å². The molecular weight excluding hydrogens is 432 g/mol. The van der Waals surface area contributed by atoms with Crippen LogP contribution in [0.1, 0.15) is 24.6 Å². The largest absolute Gasteiger partial charge is 0.481 e. The van der Waals surface area contributed by atoms with E-state index < -0.39 is 6.10 Å². The number of anilines is 1. The van der Waals surface area contributed by atoms with Crippen molar-refractivity contribution in [3.05, 3.63) is 100 Å². The Morgan fingerprint density at radius 1 is 1.03 bits per heavy atom. The lowest BCUT2D eigenvalue weighted by Crippen LogP contribution is -2.32. The average molecular weight is 459 g/mol. The zero-order valence-electron chi connectivity index (χ0n) is 18.6. The van der Waals surface area contributed by atoms with Crippen LogP contribution in [0, 0.1) is 6.92 Å². The number of H-pyrrole nitrogens is 1. The van der Waals surface area contributed by atoms with E-state index in [-0.39, 0.29) is 11.3 Å². The van der Waals surface area contributed by atoms with Gasteiger partial charge in [0.1, 0.15) is 5.75 Å². The Bertz CT molecular complexity index is 1320. The third-order valence-electron chi connectivity index (χ3n) is 5.34. The second kappa shape index (κ2) is 10.4. The number of nitrogens with one attached hydrogen (secondary N) is 2. The maximum Gasteiger partial charge on any atom is 0.265 e. The number of ether oxygens (including phenoxy) is 1. The molecule has 0 saturated carbocycles. The molecular formula is C27H26N2O3S. The first-order chi connectivity index (χ1) is 16.0. The molecule has 0 aliphatic carbocycles. The van der Waals surface area contributed by atoms with E-state index in [4.69, 9.17) is 4.74 Å². The molecule has 2 N–H and O–H groups in total. The second-order valence-corrected chi connectivity index (χ2v) is 8.78. The van der Waals surface area contributed by atoms with Gasteiger partial charge < -0.3 is 15.0 Å². The van der Waals surface area contributed by atoms with Gasteiger partial charge >= 0.3 is 0 Å². The molecule has 0 radical (unpaired) electrons. The molecule has 1 amide bonds. The molecule has 0 spiro atoms. The summed E-state index contributed by atoms with van der Waals surface area (Å²) < 4.78 is 5.87. The van der Waals surface area contributed by atoms with Crippen LogP contribution in [-0.4, -0.2) is 17.0 Å². The van der Waals surface area contributed by atoms with Crippen molar-refractivity contribution in [2.45, 2.75) is 37.0 Å². The lowest BCUT2D eigenvalue weighted by atomic mass is 10.1. The molecule has 1 atom stereocenters. The average Bonchev–Trinajstić information content (AvgIpc) is 2.83. The van der Waals surface area contributed by atoms with Gasteiger partial charge in [0.15, 0.2) is 11.5 Å². The number of aromatic amines is 1. The molecule has 4 rings (SSSR count). The monoisotopic (exact) mass is 458 g/mol. The first-order valence-corrected chi connectivity index (χ1v) is 11.9. The Labute approximate surface area is 197 Å². The number of benzene rings is 3. The first-order valence-electron chi connectivity index (χ1n) is 10.9. The molecule has 5 nitrogen and oxygen atoms in total. The Morgan fingerprint density at radius 2 is 1.79 bits per heavy atom. The topological polar surface area (TPSA) is 71.2 Å². The van der Waals surface area contributed by atoms with Crippen LogP contribution in [0.3, 0.4) is 0 Å². The Kier molecular flexibility index (Phi) is 7.15. The van der Waals surface area contributed by atoms with Gasteiger partial charge in [0, 0.05) is 27.8 Å². The normalized spacial score (nSPS) is 11.8. The summed E-state index contributed by atoms with van der Waals surface area (Å²) in [5.41, 5.74) is 3.47. The molecule has 0 aliphatic rings. The van der Waals surface area contributed by atoms with Crippen molar-refractivity contribution in [3.8, 4) is 5.75 Å². The SMILES string of the molecule is CC[C@H](Oc1ccccc1)C(=O)Nc1ccccc1SCc1cc(=O)c2cccc(C)c2[nH]1. The van der Waals surface area contributed by atoms with E-state index in [1.54, 1.807) is 17.8 Å². The lowest BCUT2D eigenvalue weighted by molar-refractivity contribution is -0.122. The van der Waals surface area contributed by atoms with Crippen LogP contribution >= 0.6 is 11.8 Å². The van der Waals surface area contributed by atoms with E-state index in [1.807, 2.05) is 86.6 Å². The predicted octanol–water partition coefficient (Wildman–Crippen LogP) is 5.92. The number of aromatic nitrogens is 1. The number of rotatable bonds is 8. The van der Waals surface area contributed by atoms with E-state index in [1.165, 1.54) is 0 Å². The molecule has 1 heterocycles. The highest BCUT2D eigenvalue weighted by molar-refractivity contribution is 7.98. The van der Waals surface area contributed by atoms with Crippen molar-refractivity contribution in [2.75, 3.05) is 5.32 Å². The van der Waals surface area contributed by atoms with Crippen LogP contribution in [0.4, 0.5) is 5.69 Å². The molecule has 168 valence electrons. The van der Waals surface area contributed by atoms with Crippen molar-refractivity contribution < 1.29 is 9.53 Å². The number of pyridine rings is 1. The molecule has 4 aromatic rings. The number of fused-ring (bicyclic) bond motifs is 1. The molecule has 1 aromatic heterocycles. The van der Waals surface area contributed by atoms with Crippen LogP contribution < -0.4 is 15.5 Å². The van der Waals surface area contributed by atoms with Crippen molar-refractivity contribution in [3.63, 3.8) is 0 Å². The summed E-state index contributed by atoms with van der Waals surface area (Å²) in [6.07, 6.45) is -0.0430. The number of thioether (sulfide) groups is 1. The zero-order chi connectivity index (χ0) is 23.2. The standard InChI is InChI=1S/C27H26N2O3S/c1-3-24(32-20-11-5-4-6-12-20)27(31)29-22-14-7-8-15-25(22)33-17-19-16-23(30)21-13-9-10-18(2)26(21)28-19/h4-16,24H,3,17H2,1-2H3,(H,28,30)(H,29,31)/t24-/m0/s1. The number of hydrogen-bond acceptors (Lipinski definition) is 4. The molecule has 0 fully saturated rings. The maximum atomic E-state index is 12.9. The second-order valence-electron chi connectivity index (χ2n) is 7.76. The number of carbonyl (C=O) groups excluding carboxylic acids is 1. The highest BCUT2D eigenvalue weighted by Gasteiger charge is 2.19. The maximum absolute atomic E-state index is 12.9. The van der Waals surface area contributed by atoms with E-state index in [0.717, 1.165) is 27.4 Å². The highest BCUT2D eigenvalue weighted by atomic mass is 32.2. The lowest BCUT2D eigenvalue weighted by Gasteiger charge is -2.18. The van der Waals surface area contributed by atoms with E-state index in [2.05, 4.69) is 10.3 Å². The Hall–Kier alpha value is -3.51. The fourth-order valence-electron chi connectivity index (χ4n) is 3.60. The van der Waals surface area contributed by atoms with Crippen molar-refractivity contribution in [2.24, 2.45) is 0 Å². The molecule has 6 heteroatoms. The molecule has 0 saturated heterocycles. The minimum Gasteiger partial charge on any atom is -0.481 e. The van der Waals surface area contributed by atoms with Gasteiger partial charge in [-0.2, -0.15) is 0 Å². The highest BCUT2D eigenvalue weighted by Crippen LogP contribution is 2.30. The summed E-state index contributed by atoms with van der Waals surface area (Å²) in [7, 11) is 0. The molecule has 0 unspecified atom stereocenters. The van der Waals surface area contributed by atoms with Crippen LogP contribution in [0.2, 0.25) is 0 Å². The van der Waals surface area contributed by atoms with Crippen molar-refractivity contribution in [1.82, 2.24) is 4.98 Å². The van der Waals surface area contributed by atoms with E-state index in [0.29, 0.717) is 23.3 Å². The quantitative estimate of drug-likeness (QED) is 0.321. The van der Waals surface area contributed by atoms with E-state index >= 15 is 0 Å². The van der Waals surface area contributed by atoms with Crippen LogP contribution in [0.15, 0.2) is 88.6 Å². The van der Waals surface area contributed by atoms with Gasteiger partial charge in [-0.15, -0.1) is 11.8 Å². The van der Waals surface area contributed by atoms with Crippen molar-refractivity contribution >= 4 is 34.3 Å². The van der Waals surface area contributed by atoms with Gasteiger partial charge in [-0.05, 0) is 49.2 Å². The zero-order valence-corrected chi connectivity index (χ0v) is 19.4. The van der Waals surface area contributed by atoms with Crippen LogP contribution in [-0.2, 0) is 10.5 Å². The Morgan fingerprint density at radius 3 is 2.58 bits per heavy atom.